The summed E-state index contributed by atoms with van der Waals surface area (Å²) in [6.07, 6.45) is -0.0826. The number of hydrogen-bond acceptors (Lipinski definition) is 7. The highest BCUT2D eigenvalue weighted by Gasteiger charge is 2.23. The third kappa shape index (κ3) is 9.62. The molecule has 0 atom stereocenters. The highest BCUT2D eigenvalue weighted by molar-refractivity contribution is 9.10. The highest BCUT2D eigenvalue weighted by Crippen LogP contribution is 2.24. The summed E-state index contributed by atoms with van der Waals surface area (Å²) in [5.41, 5.74) is 1.22. The Bertz CT molecular complexity index is 1130. The molecule has 0 spiro atoms. The molecule has 2 aromatic rings. The minimum atomic E-state index is -3.58. The van der Waals surface area contributed by atoms with Gasteiger partial charge in [0.05, 0.1) is 23.3 Å². The van der Waals surface area contributed by atoms with E-state index in [1.54, 1.807) is 40.7 Å². The van der Waals surface area contributed by atoms with Crippen LogP contribution in [-0.4, -0.2) is 44.5 Å². The molecule has 0 aliphatic heterocycles. The van der Waals surface area contributed by atoms with E-state index in [9.17, 15) is 18.0 Å². The first-order chi connectivity index (χ1) is 16.3. The van der Waals surface area contributed by atoms with Crippen LogP contribution in [0.2, 0.25) is 0 Å². The Morgan fingerprint density at radius 3 is 2.31 bits per heavy atom. The number of amides is 1. The van der Waals surface area contributed by atoms with Gasteiger partial charge >= 0.3 is 12.1 Å². The van der Waals surface area contributed by atoms with Gasteiger partial charge in [0.1, 0.15) is 5.60 Å². The molecular weight excluding hydrogens is 536 g/mol. The third-order valence-electron chi connectivity index (χ3n) is 4.78. The molecule has 0 heterocycles. The maximum Gasteiger partial charge on any atom is 0.411 e. The lowest BCUT2D eigenvalue weighted by atomic mass is 10.2. The molecule has 0 radical (unpaired) electrons. The summed E-state index contributed by atoms with van der Waals surface area (Å²) in [5.74, 6) is -0.450. The van der Waals surface area contributed by atoms with Crippen LogP contribution in [0.15, 0.2) is 51.8 Å². The smallest absolute Gasteiger partial charge is 0.411 e. The minimum absolute atomic E-state index is 0.0891. The van der Waals surface area contributed by atoms with Gasteiger partial charge in [-0.3, -0.25) is 10.1 Å². The molecule has 0 aliphatic carbocycles. The molecule has 0 fully saturated rings. The molecule has 2 aromatic carbocycles. The number of anilines is 1. The second-order valence-electron chi connectivity index (χ2n) is 9.24. The van der Waals surface area contributed by atoms with E-state index in [-0.39, 0.29) is 24.6 Å². The van der Waals surface area contributed by atoms with Gasteiger partial charge in [0.2, 0.25) is 0 Å². The van der Waals surface area contributed by atoms with Crippen LogP contribution in [0.5, 0.6) is 0 Å². The molecular formula is C25H33BrN2O6S. The zero-order valence-corrected chi connectivity index (χ0v) is 23.1. The number of carbonyl (C=O) groups is 2. The lowest BCUT2D eigenvalue weighted by Crippen LogP contribution is -2.31. The number of nitrogens with one attached hydrogen (secondary N) is 2. The number of halogens is 1. The largest absolute Gasteiger partial charge is 0.459 e. The average molecular weight is 570 g/mol. The fourth-order valence-corrected chi connectivity index (χ4v) is 4.60. The molecule has 0 unspecified atom stereocenters. The first-order valence-corrected chi connectivity index (χ1v) is 13.6. The van der Waals surface area contributed by atoms with Crippen LogP contribution in [0.25, 0.3) is 0 Å². The second-order valence-corrected chi connectivity index (χ2v) is 12.6. The predicted molar refractivity (Wildman–Crippen MR) is 139 cm³/mol. The van der Waals surface area contributed by atoms with Crippen molar-refractivity contribution in [1.29, 1.82) is 0 Å². The molecule has 0 bridgehead atoms. The quantitative estimate of drug-likeness (QED) is 0.394. The first-order valence-electron chi connectivity index (χ1n) is 11.3. The van der Waals surface area contributed by atoms with Crippen LogP contribution in [0.4, 0.5) is 10.5 Å². The monoisotopic (exact) mass is 568 g/mol. The zero-order valence-electron chi connectivity index (χ0n) is 20.7. The lowest BCUT2D eigenvalue weighted by molar-refractivity contribution is -0.153. The number of hydrogen-bond donors (Lipinski definition) is 2. The summed E-state index contributed by atoms with van der Waals surface area (Å²) in [6, 6.07) is 12.2. The van der Waals surface area contributed by atoms with Crippen molar-refractivity contribution in [1.82, 2.24) is 5.32 Å². The van der Waals surface area contributed by atoms with Gasteiger partial charge in [-0.25, -0.2) is 13.2 Å². The van der Waals surface area contributed by atoms with E-state index in [0.717, 1.165) is 10.0 Å². The first kappa shape index (κ1) is 28.8. The Kier molecular flexibility index (Phi) is 10.3. The zero-order chi connectivity index (χ0) is 26.2. The minimum Gasteiger partial charge on any atom is -0.459 e. The molecule has 8 nitrogen and oxygen atoms in total. The molecule has 35 heavy (non-hydrogen) atoms. The van der Waals surface area contributed by atoms with E-state index in [2.05, 4.69) is 26.6 Å². The van der Waals surface area contributed by atoms with E-state index in [1.807, 2.05) is 24.3 Å². The van der Waals surface area contributed by atoms with Crippen LogP contribution in [0.1, 0.15) is 45.7 Å². The topological polar surface area (TPSA) is 111 Å². The number of rotatable bonds is 10. The van der Waals surface area contributed by atoms with Crippen molar-refractivity contribution in [2.75, 3.05) is 18.5 Å². The van der Waals surface area contributed by atoms with Crippen molar-refractivity contribution in [2.45, 2.75) is 63.3 Å². The maximum atomic E-state index is 12.8. The molecule has 0 aliphatic rings. The van der Waals surface area contributed by atoms with E-state index in [1.165, 1.54) is 12.1 Å². The highest BCUT2D eigenvalue weighted by atomic mass is 79.9. The predicted octanol–water partition coefficient (Wildman–Crippen LogP) is 4.85. The molecule has 0 aromatic heterocycles. The van der Waals surface area contributed by atoms with Crippen LogP contribution >= 0.6 is 15.9 Å². The summed E-state index contributed by atoms with van der Waals surface area (Å²) >= 11 is 3.38. The molecule has 0 saturated heterocycles. The number of benzene rings is 2. The Balaban J connectivity index is 2.06. The normalized spacial score (nSPS) is 11.9. The Labute approximate surface area is 215 Å². The number of ether oxygens (including phenoxy) is 2. The van der Waals surface area contributed by atoms with Gasteiger partial charge in [-0.1, -0.05) is 28.1 Å². The Morgan fingerprint density at radius 1 is 1.06 bits per heavy atom. The number of esters is 1. The van der Waals surface area contributed by atoms with Crippen LogP contribution in [-0.2, 0) is 37.1 Å². The Hall–Kier alpha value is -2.43. The van der Waals surface area contributed by atoms with E-state index in [4.69, 9.17) is 9.47 Å². The van der Waals surface area contributed by atoms with E-state index < -0.39 is 32.8 Å². The fourth-order valence-electron chi connectivity index (χ4n) is 3.07. The van der Waals surface area contributed by atoms with Gasteiger partial charge in [-0.15, -0.1) is 0 Å². The summed E-state index contributed by atoms with van der Waals surface area (Å²) in [4.78, 5) is 24.4. The third-order valence-corrected chi connectivity index (χ3v) is 7.56. The molecule has 0 saturated carbocycles. The summed E-state index contributed by atoms with van der Waals surface area (Å²) in [5, 5.41) is 4.93. The maximum absolute atomic E-state index is 12.8. The van der Waals surface area contributed by atoms with Gasteiger partial charge in [-0.2, -0.15) is 0 Å². The summed E-state index contributed by atoms with van der Waals surface area (Å²) < 4.78 is 37.2. The SMILES string of the molecule is CC(C)S(=O)(=O)c1ccc(NC(=O)OCCc2ccc(Br)cc2)cc1CNCC(=O)OC(C)(C)C. The van der Waals surface area contributed by atoms with Gasteiger partial charge < -0.3 is 14.8 Å². The average Bonchev–Trinajstić information content (AvgIpc) is 2.74. The molecule has 2 N–H and O–H groups in total. The lowest BCUT2D eigenvalue weighted by Gasteiger charge is -2.20. The van der Waals surface area contributed by atoms with Gasteiger partial charge in [0.25, 0.3) is 0 Å². The molecule has 1 amide bonds. The van der Waals surface area contributed by atoms with Crippen molar-refractivity contribution >= 4 is 43.5 Å². The van der Waals surface area contributed by atoms with Crippen molar-refractivity contribution in [2.24, 2.45) is 0 Å². The van der Waals surface area contributed by atoms with Gasteiger partial charge in [0.15, 0.2) is 9.84 Å². The molecule has 10 heteroatoms. The van der Waals surface area contributed by atoms with Crippen molar-refractivity contribution in [3.63, 3.8) is 0 Å². The fraction of sp³-hybridized carbons (Fsp3) is 0.440. The second kappa shape index (κ2) is 12.5. The Morgan fingerprint density at radius 2 is 1.71 bits per heavy atom. The molecule has 2 rings (SSSR count). The molecule has 192 valence electrons. The van der Waals surface area contributed by atoms with E-state index in [0.29, 0.717) is 17.7 Å². The number of carbonyl (C=O) groups excluding carboxylic acids is 2. The summed E-state index contributed by atoms with van der Waals surface area (Å²) in [7, 11) is -3.58. The number of sulfone groups is 1. The van der Waals surface area contributed by atoms with Crippen LogP contribution in [0, 0.1) is 0 Å². The van der Waals surface area contributed by atoms with E-state index >= 15 is 0 Å². The van der Waals surface area contributed by atoms with Crippen LogP contribution < -0.4 is 10.6 Å². The summed E-state index contributed by atoms with van der Waals surface area (Å²) in [6.45, 7) is 8.70. The van der Waals surface area contributed by atoms with Gasteiger partial charge in [-0.05, 0) is 76.1 Å². The van der Waals surface area contributed by atoms with Crippen LogP contribution in [0.3, 0.4) is 0 Å². The van der Waals surface area contributed by atoms with Crippen molar-refractivity contribution in [3.8, 4) is 0 Å². The van der Waals surface area contributed by atoms with Crippen molar-refractivity contribution < 1.29 is 27.5 Å². The standard InChI is InChI=1S/C25H33BrN2O6S/c1-17(2)35(31,32)22-11-10-21(14-19(22)15-27-16-23(29)34-25(3,4)5)28-24(30)33-13-12-18-6-8-20(26)9-7-18/h6-11,14,17,27H,12-13,15-16H2,1-5H3,(H,28,30). The van der Waals surface area contributed by atoms with Gasteiger partial charge in [0, 0.05) is 23.1 Å². The van der Waals surface area contributed by atoms with Crippen molar-refractivity contribution in [3.05, 3.63) is 58.1 Å².